The first-order valence-corrected chi connectivity index (χ1v) is 6.04. The molecule has 3 nitrogen and oxygen atoms in total. The summed E-state index contributed by atoms with van der Waals surface area (Å²) >= 11 is 0. The van der Waals surface area contributed by atoms with Gasteiger partial charge in [-0.2, -0.15) is 0 Å². The fourth-order valence-corrected chi connectivity index (χ4v) is 2.46. The molecule has 1 rings (SSSR count). The molecule has 1 fully saturated rings. The first-order chi connectivity index (χ1) is 7.12. The highest BCUT2D eigenvalue weighted by Crippen LogP contribution is 2.43. The fourth-order valence-electron chi connectivity index (χ4n) is 2.46. The molecule has 15 heavy (non-hydrogen) atoms. The zero-order chi connectivity index (χ0) is 11.5. The molecule has 0 aliphatic heterocycles. The second-order valence-electron chi connectivity index (χ2n) is 4.88. The molecule has 90 valence electrons. The van der Waals surface area contributed by atoms with Crippen LogP contribution in [-0.4, -0.2) is 43.8 Å². The smallest absolute Gasteiger partial charge is 0.0661 e. The van der Waals surface area contributed by atoms with Crippen molar-refractivity contribution in [2.24, 2.45) is 11.7 Å². The van der Waals surface area contributed by atoms with Gasteiger partial charge in [0.15, 0.2) is 0 Å². The Bertz CT molecular complexity index is 194. The highest BCUT2D eigenvalue weighted by Gasteiger charge is 2.48. The van der Waals surface area contributed by atoms with E-state index < -0.39 is 0 Å². The molecule has 0 amide bonds. The van der Waals surface area contributed by atoms with Crippen molar-refractivity contribution in [3.63, 3.8) is 0 Å². The molecule has 0 heterocycles. The molecule has 0 aromatic heterocycles. The SMILES string of the molecule is CCC(C)N(C)C(CN)(COC)C1CC1. The van der Waals surface area contributed by atoms with Crippen molar-refractivity contribution in [3.05, 3.63) is 0 Å². The number of rotatable bonds is 7. The maximum atomic E-state index is 6.01. The minimum atomic E-state index is 0.0736. The molecule has 2 atom stereocenters. The zero-order valence-corrected chi connectivity index (χ0v) is 10.6. The van der Waals surface area contributed by atoms with Gasteiger partial charge in [-0.3, -0.25) is 4.90 Å². The largest absolute Gasteiger partial charge is 0.383 e. The number of hydrogen-bond donors (Lipinski definition) is 1. The number of nitrogens with zero attached hydrogens (tertiary/aromatic N) is 1. The maximum Gasteiger partial charge on any atom is 0.0661 e. The predicted octanol–water partition coefficient (Wildman–Crippen LogP) is 1.47. The van der Waals surface area contributed by atoms with Gasteiger partial charge in [0.2, 0.25) is 0 Å². The van der Waals surface area contributed by atoms with Crippen LogP contribution in [0.1, 0.15) is 33.1 Å². The van der Waals surface area contributed by atoms with Gasteiger partial charge in [0.1, 0.15) is 0 Å². The predicted molar refractivity (Wildman–Crippen MR) is 63.9 cm³/mol. The van der Waals surface area contributed by atoms with Gasteiger partial charge in [0, 0.05) is 19.7 Å². The van der Waals surface area contributed by atoms with E-state index in [9.17, 15) is 0 Å². The molecule has 1 saturated carbocycles. The molecular formula is C12H26N2O. The number of ether oxygens (including phenoxy) is 1. The van der Waals surface area contributed by atoms with Crippen molar-refractivity contribution >= 4 is 0 Å². The molecule has 2 N–H and O–H groups in total. The monoisotopic (exact) mass is 214 g/mol. The first kappa shape index (κ1) is 12.9. The minimum absolute atomic E-state index is 0.0736. The van der Waals surface area contributed by atoms with Gasteiger partial charge in [0.05, 0.1) is 12.1 Å². The van der Waals surface area contributed by atoms with Gasteiger partial charge in [0.25, 0.3) is 0 Å². The van der Waals surface area contributed by atoms with Gasteiger partial charge in [-0.15, -0.1) is 0 Å². The lowest BCUT2D eigenvalue weighted by Crippen LogP contribution is -2.59. The van der Waals surface area contributed by atoms with Crippen LogP contribution in [0.4, 0.5) is 0 Å². The normalized spacial score (nSPS) is 22.8. The van der Waals surface area contributed by atoms with E-state index in [-0.39, 0.29) is 5.54 Å². The van der Waals surface area contributed by atoms with Crippen LogP contribution < -0.4 is 5.73 Å². The fraction of sp³-hybridized carbons (Fsp3) is 1.00. The van der Waals surface area contributed by atoms with E-state index in [1.165, 1.54) is 12.8 Å². The number of nitrogens with two attached hydrogens (primary N) is 1. The Kier molecular flexibility index (Phi) is 4.56. The minimum Gasteiger partial charge on any atom is -0.383 e. The second kappa shape index (κ2) is 5.28. The van der Waals surface area contributed by atoms with Crippen LogP contribution in [0.5, 0.6) is 0 Å². The summed E-state index contributed by atoms with van der Waals surface area (Å²) in [5, 5.41) is 0. The van der Waals surface area contributed by atoms with Crippen LogP contribution in [0.15, 0.2) is 0 Å². The molecule has 0 radical (unpaired) electrons. The summed E-state index contributed by atoms with van der Waals surface area (Å²) in [4.78, 5) is 2.44. The molecule has 0 spiro atoms. The number of methoxy groups -OCH3 is 1. The summed E-state index contributed by atoms with van der Waals surface area (Å²) in [6, 6.07) is 0.573. The topological polar surface area (TPSA) is 38.5 Å². The molecule has 0 bridgehead atoms. The number of hydrogen-bond acceptors (Lipinski definition) is 3. The molecule has 2 unspecified atom stereocenters. The van der Waals surface area contributed by atoms with Crippen molar-refractivity contribution in [2.45, 2.75) is 44.7 Å². The Labute approximate surface area is 94.0 Å². The summed E-state index contributed by atoms with van der Waals surface area (Å²) in [5.74, 6) is 0.737. The maximum absolute atomic E-state index is 6.01. The summed E-state index contributed by atoms with van der Waals surface area (Å²) < 4.78 is 5.39. The highest BCUT2D eigenvalue weighted by atomic mass is 16.5. The first-order valence-electron chi connectivity index (χ1n) is 6.04. The van der Waals surface area contributed by atoms with Crippen molar-refractivity contribution in [2.75, 3.05) is 27.3 Å². The Morgan fingerprint density at radius 1 is 1.53 bits per heavy atom. The third-order valence-corrected chi connectivity index (χ3v) is 4.04. The molecule has 3 heteroatoms. The van der Waals surface area contributed by atoms with Gasteiger partial charge in [-0.25, -0.2) is 0 Å². The van der Waals surface area contributed by atoms with Gasteiger partial charge < -0.3 is 10.5 Å². The van der Waals surface area contributed by atoms with Gasteiger partial charge in [-0.1, -0.05) is 6.92 Å². The lowest BCUT2D eigenvalue weighted by molar-refractivity contribution is -0.00636. The summed E-state index contributed by atoms with van der Waals surface area (Å²) in [6.45, 7) is 5.95. The van der Waals surface area contributed by atoms with E-state index in [4.69, 9.17) is 10.5 Å². The average Bonchev–Trinajstić information content (AvgIpc) is 3.08. The van der Waals surface area contributed by atoms with Gasteiger partial charge >= 0.3 is 0 Å². The zero-order valence-electron chi connectivity index (χ0n) is 10.6. The van der Waals surface area contributed by atoms with Gasteiger partial charge in [-0.05, 0) is 39.2 Å². The Morgan fingerprint density at radius 2 is 2.13 bits per heavy atom. The average molecular weight is 214 g/mol. The lowest BCUT2D eigenvalue weighted by Gasteiger charge is -2.44. The third-order valence-electron chi connectivity index (χ3n) is 4.04. The molecule has 1 aliphatic carbocycles. The van der Waals surface area contributed by atoms with Crippen molar-refractivity contribution in [3.8, 4) is 0 Å². The summed E-state index contributed by atoms with van der Waals surface area (Å²) in [6.07, 6.45) is 3.78. The Balaban J connectivity index is 2.77. The molecular weight excluding hydrogens is 188 g/mol. The van der Waals surface area contributed by atoms with E-state index in [0.29, 0.717) is 12.6 Å². The molecule has 0 saturated heterocycles. The van der Waals surface area contributed by atoms with Crippen LogP contribution >= 0.6 is 0 Å². The van der Waals surface area contributed by atoms with E-state index >= 15 is 0 Å². The van der Waals surface area contributed by atoms with Crippen molar-refractivity contribution in [1.82, 2.24) is 4.90 Å². The Morgan fingerprint density at radius 3 is 2.47 bits per heavy atom. The second-order valence-corrected chi connectivity index (χ2v) is 4.88. The highest BCUT2D eigenvalue weighted by molar-refractivity contribution is 5.03. The lowest BCUT2D eigenvalue weighted by atomic mass is 9.90. The van der Waals surface area contributed by atoms with Crippen molar-refractivity contribution in [1.29, 1.82) is 0 Å². The van der Waals surface area contributed by atoms with Crippen LogP contribution in [-0.2, 0) is 4.74 Å². The summed E-state index contributed by atoms with van der Waals surface area (Å²) in [5.41, 5.74) is 6.08. The molecule has 0 aromatic rings. The molecule has 1 aliphatic rings. The van der Waals surface area contributed by atoms with Crippen LogP contribution in [0.3, 0.4) is 0 Å². The van der Waals surface area contributed by atoms with Crippen LogP contribution in [0.25, 0.3) is 0 Å². The van der Waals surface area contributed by atoms with Crippen LogP contribution in [0.2, 0.25) is 0 Å². The molecule has 0 aromatic carbocycles. The third kappa shape index (κ3) is 2.52. The van der Waals surface area contributed by atoms with E-state index in [0.717, 1.165) is 18.9 Å². The Hall–Kier alpha value is -0.120. The van der Waals surface area contributed by atoms with E-state index in [1.807, 2.05) is 0 Å². The van der Waals surface area contributed by atoms with Crippen LogP contribution in [0, 0.1) is 5.92 Å². The quantitative estimate of drug-likeness (QED) is 0.697. The summed E-state index contributed by atoms with van der Waals surface area (Å²) in [7, 11) is 3.97. The number of likely N-dealkylation sites (N-methyl/N-ethyl adjacent to an activating group) is 1. The standard InChI is InChI=1S/C12H26N2O/c1-5-10(2)14(3)12(8-13,9-15-4)11-6-7-11/h10-11H,5-9,13H2,1-4H3. The van der Waals surface area contributed by atoms with E-state index in [2.05, 4.69) is 25.8 Å². The van der Waals surface area contributed by atoms with E-state index in [1.54, 1.807) is 7.11 Å². The van der Waals surface area contributed by atoms with Crippen molar-refractivity contribution < 1.29 is 4.74 Å².